The van der Waals surface area contributed by atoms with Crippen molar-refractivity contribution in [1.82, 2.24) is 9.99 Å². The summed E-state index contributed by atoms with van der Waals surface area (Å²) in [6.45, 7) is 4.36. The van der Waals surface area contributed by atoms with Gasteiger partial charge >= 0.3 is 5.91 Å². The first-order valence-electron chi connectivity index (χ1n) is 9.44. The van der Waals surface area contributed by atoms with Crippen LogP contribution in [0.4, 0.5) is 0 Å². The first-order valence-corrected chi connectivity index (χ1v) is 9.44. The van der Waals surface area contributed by atoms with E-state index in [1.807, 2.05) is 24.3 Å². The van der Waals surface area contributed by atoms with Crippen LogP contribution in [0.25, 0.3) is 5.69 Å². The molecule has 3 heterocycles. The zero-order valence-electron chi connectivity index (χ0n) is 16.7. The summed E-state index contributed by atoms with van der Waals surface area (Å²) in [4.78, 5) is 12.1. The summed E-state index contributed by atoms with van der Waals surface area (Å²) >= 11 is 0. The lowest BCUT2D eigenvalue weighted by atomic mass is 10.3. The number of nitrogens with one attached hydrogen (secondary N) is 1. The minimum absolute atomic E-state index is 0.152. The van der Waals surface area contributed by atoms with Crippen LogP contribution in [-0.4, -0.2) is 16.7 Å². The molecule has 1 amide bonds. The molecule has 0 fully saturated rings. The Balaban J connectivity index is 1.32. The Morgan fingerprint density at radius 3 is 2.53 bits per heavy atom. The van der Waals surface area contributed by atoms with Crippen molar-refractivity contribution in [1.29, 1.82) is 0 Å². The van der Waals surface area contributed by atoms with E-state index in [1.54, 1.807) is 24.3 Å². The van der Waals surface area contributed by atoms with E-state index in [-0.39, 0.29) is 12.4 Å². The van der Waals surface area contributed by atoms with Crippen LogP contribution in [-0.2, 0) is 6.61 Å². The van der Waals surface area contributed by atoms with Crippen LogP contribution in [0.15, 0.2) is 80.9 Å². The minimum atomic E-state index is -0.453. The van der Waals surface area contributed by atoms with Crippen molar-refractivity contribution in [3.05, 3.63) is 95.6 Å². The van der Waals surface area contributed by atoms with Crippen molar-refractivity contribution in [2.45, 2.75) is 20.5 Å². The predicted octanol–water partition coefficient (Wildman–Crippen LogP) is 4.62. The number of hydrogen-bond donors (Lipinski definition) is 1. The summed E-state index contributed by atoms with van der Waals surface area (Å²) in [5, 5.41) is 3.82. The van der Waals surface area contributed by atoms with Gasteiger partial charge in [-0.15, -0.1) is 0 Å². The van der Waals surface area contributed by atoms with Crippen molar-refractivity contribution >= 4 is 12.1 Å². The van der Waals surface area contributed by atoms with Crippen LogP contribution < -0.4 is 10.2 Å². The maximum Gasteiger partial charge on any atom is 0.307 e. The van der Waals surface area contributed by atoms with Crippen molar-refractivity contribution in [2.24, 2.45) is 5.10 Å². The summed E-state index contributed by atoms with van der Waals surface area (Å²) in [6, 6.07) is 18.8. The monoisotopic (exact) mass is 403 g/mol. The lowest BCUT2D eigenvalue weighted by Gasteiger charge is -2.10. The Kier molecular flexibility index (Phi) is 5.52. The Bertz CT molecular complexity index is 1130. The second-order valence-corrected chi connectivity index (χ2v) is 6.71. The van der Waals surface area contributed by atoms with Crippen molar-refractivity contribution in [3.63, 3.8) is 0 Å². The Labute approximate surface area is 173 Å². The van der Waals surface area contributed by atoms with Gasteiger partial charge in [0, 0.05) is 17.1 Å². The van der Waals surface area contributed by atoms with Gasteiger partial charge in [-0.05, 0) is 74.5 Å². The van der Waals surface area contributed by atoms with Gasteiger partial charge in [0.2, 0.25) is 0 Å². The molecule has 0 bridgehead atoms. The number of amides is 1. The van der Waals surface area contributed by atoms with E-state index in [0.717, 1.165) is 5.69 Å². The quantitative estimate of drug-likeness (QED) is 0.360. The van der Waals surface area contributed by atoms with E-state index in [0.29, 0.717) is 17.3 Å². The largest absolute Gasteiger partial charge is 0.486 e. The molecule has 4 aromatic rings. The highest BCUT2D eigenvalue weighted by Gasteiger charge is 2.11. The van der Waals surface area contributed by atoms with Gasteiger partial charge in [-0.2, -0.15) is 5.10 Å². The van der Waals surface area contributed by atoms with Crippen LogP contribution in [0.5, 0.6) is 5.75 Å². The molecule has 7 nitrogen and oxygen atoms in total. The fraction of sp³-hybridized carbons (Fsp3) is 0.130. The first kappa shape index (κ1) is 19.3. The Morgan fingerprint density at radius 2 is 1.83 bits per heavy atom. The molecule has 1 aromatic carbocycles. The van der Waals surface area contributed by atoms with Crippen LogP contribution >= 0.6 is 0 Å². The molecule has 0 aliphatic heterocycles. The third-order valence-corrected chi connectivity index (χ3v) is 4.53. The van der Waals surface area contributed by atoms with Gasteiger partial charge < -0.3 is 18.1 Å². The molecule has 1 N–H and O–H groups in total. The highest BCUT2D eigenvalue weighted by molar-refractivity contribution is 5.92. The smallest absolute Gasteiger partial charge is 0.307 e. The van der Waals surface area contributed by atoms with Crippen molar-refractivity contribution in [2.75, 3.05) is 0 Å². The van der Waals surface area contributed by atoms with Gasteiger partial charge in [0.1, 0.15) is 23.9 Å². The van der Waals surface area contributed by atoms with Crippen molar-refractivity contribution in [3.8, 4) is 11.4 Å². The highest BCUT2D eigenvalue weighted by atomic mass is 16.5. The zero-order valence-corrected chi connectivity index (χ0v) is 16.7. The number of aromatic nitrogens is 1. The number of ether oxygens (including phenoxy) is 1. The molecular weight excluding hydrogens is 382 g/mol. The van der Waals surface area contributed by atoms with Crippen LogP contribution in [0.3, 0.4) is 0 Å². The molecule has 30 heavy (non-hydrogen) atoms. The topological polar surface area (TPSA) is 81.9 Å². The number of nitrogens with zero attached hydrogens (tertiary/aromatic N) is 2. The summed E-state index contributed by atoms with van der Waals surface area (Å²) in [5.74, 6) is 1.49. The second-order valence-electron chi connectivity index (χ2n) is 6.71. The molecule has 0 unspecified atom stereocenters. The first-order chi connectivity index (χ1) is 14.6. The van der Waals surface area contributed by atoms with Crippen LogP contribution in [0, 0.1) is 13.8 Å². The van der Waals surface area contributed by atoms with Gasteiger partial charge in [0.05, 0.1) is 12.5 Å². The van der Waals surface area contributed by atoms with Gasteiger partial charge in [-0.25, -0.2) is 5.43 Å². The number of carbonyl (C=O) groups is 1. The highest BCUT2D eigenvalue weighted by Crippen LogP contribution is 2.20. The molecule has 0 aliphatic rings. The van der Waals surface area contributed by atoms with E-state index in [2.05, 4.69) is 41.1 Å². The summed E-state index contributed by atoms with van der Waals surface area (Å²) in [6.07, 6.45) is 2.93. The third kappa shape index (κ3) is 4.35. The van der Waals surface area contributed by atoms with E-state index in [1.165, 1.54) is 23.9 Å². The number of furan rings is 2. The van der Waals surface area contributed by atoms with Crippen molar-refractivity contribution < 1.29 is 18.4 Å². The molecule has 4 rings (SSSR count). The summed E-state index contributed by atoms with van der Waals surface area (Å²) in [5.41, 5.74) is 5.82. The van der Waals surface area contributed by atoms with Gasteiger partial charge in [0.25, 0.3) is 0 Å². The SMILES string of the molecule is Cc1ccc(C)n1-c1ccc(OCc2ccc(C(=O)NN=Cc3ccco3)o2)cc1. The second kappa shape index (κ2) is 8.57. The average Bonchev–Trinajstić information content (AvgIpc) is 3.49. The fourth-order valence-corrected chi connectivity index (χ4v) is 3.07. The number of carbonyl (C=O) groups excluding carboxylic acids is 1. The number of hydrogen-bond acceptors (Lipinski definition) is 5. The molecule has 0 saturated heterocycles. The Morgan fingerprint density at radius 1 is 1.07 bits per heavy atom. The van der Waals surface area contributed by atoms with E-state index < -0.39 is 5.91 Å². The molecule has 0 spiro atoms. The predicted molar refractivity (Wildman–Crippen MR) is 112 cm³/mol. The van der Waals surface area contributed by atoms with E-state index in [9.17, 15) is 4.79 Å². The molecule has 7 heteroatoms. The minimum Gasteiger partial charge on any atom is -0.486 e. The lowest BCUT2D eigenvalue weighted by molar-refractivity contribution is 0.0923. The molecule has 0 aliphatic carbocycles. The van der Waals surface area contributed by atoms with E-state index >= 15 is 0 Å². The summed E-state index contributed by atoms with van der Waals surface area (Å²) < 4.78 is 18.6. The zero-order chi connectivity index (χ0) is 20.9. The molecule has 0 atom stereocenters. The molecule has 0 saturated carbocycles. The Hall–Kier alpha value is -4.00. The summed E-state index contributed by atoms with van der Waals surface area (Å²) in [7, 11) is 0. The molecular formula is C23H21N3O4. The normalized spacial score (nSPS) is 11.1. The maximum absolute atomic E-state index is 12.1. The molecule has 152 valence electrons. The van der Waals surface area contributed by atoms with Gasteiger partial charge in [-0.1, -0.05) is 0 Å². The third-order valence-electron chi connectivity index (χ3n) is 4.53. The molecule has 3 aromatic heterocycles. The molecule has 0 radical (unpaired) electrons. The van der Waals surface area contributed by atoms with E-state index in [4.69, 9.17) is 13.6 Å². The lowest BCUT2D eigenvalue weighted by Crippen LogP contribution is -2.16. The number of hydrazone groups is 1. The number of benzene rings is 1. The standard InChI is InChI=1S/C23H21N3O4/c1-16-5-6-17(2)26(16)18-7-9-19(10-8-18)29-15-21-11-12-22(30-21)23(27)25-24-14-20-4-3-13-28-20/h3-14H,15H2,1-2H3,(H,25,27). The maximum atomic E-state index is 12.1. The van der Waals surface area contributed by atoms with Gasteiger partial charge in [0.15, 0.2) is 5.76 Å². The van der Waals surface area contributed by atoms with Gasteiger partial charge in [-0.3, -0.25) is 4.79 Å². The average molecular weight is 403 g/mol. The number of rotatable bonds is 7. The number of aryl methyl sites for hydroxylation is 2. The fourth-order valence-electron chi connectivity index (χ4n) is 3.07. The van der Waals surface area contributed by atoms with Crippen LogP contribution in [0.1, 0.15) is 33.5 Å². The van der Waals surface area contributed by atoms with Crippen LogP contribution in [0.2, 0.25) is 0 Å².